The molecule has 2 amide bonds. The molecule has 6 unspecified atom stereocenters. The molecular formula is C34H42N2O16. The highest BCUT2D eigenvalue weighted by Gasteiger charge is 2.54. The van der Waals surface area contributed by atoms with E-state index in [9.17, 15) is 33.6 Å². The summed E-state index contributed by atoms with van der Waals surface area (Å²) in [6.45, 7) is 8.02. The molecule has 0 radical (unpaired) electrons. The molecular weight excluding hydrogens is 692 g/mol. The van der Waals surface area contributed by atoms with Gasteiger partial charge in [0.15, 0.2) is 12.4 Å². The average molecular weight is 735 g/mol. The molecule has 18 heteroatoms. The summed E-state index contributed by atoms with van der Waals surface area (Å²) < 4.78 is 52.0. The van der Waals surface area contributed by atoms with E-state index in [-0.39, 0.29) is 24.4 Å². The van der Waals surface area contributed by atoms with Crippen LogP contribution in [0.4, 0.5) is 0 Å². The van der Waals surface area contributed by atoms with Crippen molar-refractivity contribution in [3.8, 4) is 5.75 Å². The summed E-state index contributed by atoms with van der Waals surface area (Å²) in [6.07, 6.45) is -9.07. The van der Waals surface area contributed by atoms with Crippen LogP contribution in [0.2, 0.25) is 0 Å². The molecule has 9 atom stereocenters. The fraction of sp³-hybridized carbons (Fsp3) is 0.559. The number of amides is 2. The maximum Gasteiger partial charge on any atom is 0.336 e. The van der Waals surface area contributed by atoms with Gasteiger partial charge >= 0.3 is 29.5 Å². The first kappa shape index (κ1) is 39.7. The lowest BCUT2D eigenvalue weighted by Crippen LogP contribution is -2.69. The molecule has 284 valence electrons. The standard InChI is InChI=1S/C34H42N2O16/c1-15-10-28(43)50-25-11-22(8-9-24(15)25)48-34-30(36-17(3)38)32(47-21(7)42)31(27(51-34)14-45-19(5)40)52-33-29(35-16(2)37)26(46-20(6)41)12-23(49-33)13-44-18(4)39/h8-11,23,26-27,29-34H,12-14H2,1-7H3,(H,35,37)(H,36,38)/t23?,26?,27?,29?,30?,31-,32?,33-,34+/m0/s1. The maximum absolute atomic E-state index is 12.6. The third kappa shape index (κ3) is 10.7. The molecule has 0 aliphatic carbocycles. The van der Waals surface area contributed by atoms with E-state index in [1.54, 1.807) is 19.1 Å². The summed E-state index contributed by atoms with van der Waals surface area (Å²) in [5.41, 5.74) is 0.275. The molecule has 2 fully saturated rings. The molecule has 0 bridgehead atoms. The molecule has 2 aromatic rings. The van der Waals surface area contributed by atoms with Gasteiger partial charge < -0.3 is 52.9 Å². The van der Waals surface area contributed by atoms with Crippen molar-refractivity contribution in [2.24, 2.45) is 0 Å². The van der Waals surface area contributed by atoms with Gasteiger partial charge in [-0.15, -0.1) is 0 Å². The molecule has 0 saturated carbocycles. The Bertz CT molecular complexity index is 1720. The van der Waals surface area contributed by atoms with Crippen molar-refractivity contribution in [2.45, 2.75) is 110 Å². The largest absolute Gasteiger partial charge is 0.463 e. The molecule has 3 heterocycles. The Morgan fingerprint density at radius 1 is 0.750 bits per heavy atom. The number of carbonyl (C=O) groups is 6. The Morgan fingerprint density at radius 3 is 2.00 bits per heavy atom. The van der Waals surface area contributed by atoms with Gasteiger partial charge in [0, 0.05) is 65.5 Å². The Morgan fingerprint density at radius 2 is 1.38 bits per heavy atom. The minimum absolute atomic E-state index is 0.0150. The van der Waals surface area contributed by atoms with Crippen LogP contribution in [0.25, 0.3) is 11.0 Å². The molecule has 2 saturated heterocycles. The normalized spacial score (nSPS) is 27.1. The fourth-order valence-corrected chi connectivity index (χ4v) is 5.96. The van der Waals surface area contributed by atoms with Gasteiger partial charge in [0.1, 0.15) is 54.9 Å². The zero-order valence-corrected chi connectivity index (χ0v) is 29.7. The van der Waals surface area contributed by atoms with Crippen molar-refractivity contribution in [1.82, 2.24) is 10.6 Å². The first-order valence-electron chi connectivity index (χ1n) is 16.3. The second kappa shape index (κ2) is 17.4. The highest BCUT2D eigenvalue weighted by Crippen LogP contribution is 2.34. The molecule has 18 nitrogen and oxygen atoms in total. The van der Waals surface area contributed by atoms with E-state index >= 15 is 0 Å². The smallest absolute Gasteiger partial charge is 0.336 e. The van der Waals surface area contributed by atoms with Gasteiger partial charge in [-0.25, -0.2) is 4.79 Å². The Hall–Kier alpha value is -5.07. The lowest BCUT2D eigenvalue weighted by atomic mass is 9.95. The summed E-state index contributed by atoms with van der Waals surface area (Å²) in [5, 5.41) is 5.96. The first-order chi connectivity index (χ1) is 24.5. The summed E-state index contributed by atoms with van der Waals surface area (Å²) in [7, 11) is 0. The van der Waals surface area contributed by atoms with Crippen LogP contribution in [0.5, 0.6) is 5.75 Å². The van der Waals surface area contributed by atoms with Gasteiger partial charge in [0.05, 0.1) is 6.10 Å². The quantitative estimate of drug-likeness (QED) is 0.174. The number of benzene rings is 1. The second-order valence-corrected chi connectivity index (χ2v) is 12.3. The van der Waals surface area contributed by atoms with Crippen molar-refractivity contribution in [3.63, 3.8) is 0 Å². The lowest BCUT2D eigenvalue weighted by molar-refractivity contribution is -0.315. The highest BCUT2D eigenvalue weighted by atomic mass is 16.7. The number of ether oxygens (including phenoxy) is 8. The molecule has 2 N–H and O–H groups in total. The molecule has 4 rings (SSSR count). The van der Waals surface area contributed by atoms with E-state index in [0.717, 1.165) is 13.8 Å². The molecule has 2 aliphatic heterocycles. The van der Waals surface area contributed by atoms with E-state index < -0.39 is 103 Å². The van der Waals surface area contributed by atoms with Crippen molar-refractivity contribution < 1.29 is 71.1 Å². The topological polar surface area (TPSA) is 231 Å². The third-order valence-corrected chi connectivity index (χ3v) is 7.91. The Labute approximate surface area is 297 Å². The van der Waals surface area contributed by atoms with Gasteiger partial charge in [-0.1, -0.05) is 0 Å². The second-order valence-electron chi connectivity index (χ2n) is 12.3. The number of carbonyl (C=O) groups excluding carboxylic acids is 6. The van der Waals surface area contributed by atoms with E-state index in [1.807, 2.05) is 0 Å². The number of aryl methyl sites for hydroxylation is 1. The lowest BCUT2D eigenvalue weighted by Gasteiger charge is -2.48. The van der Waals surface area contributed by atoms with Crippen molar-refractivity contribution >= 4 is 46.7 Å². The highest BCUT2D eigenvalue weighted by molar-refractivity contribution is 5.81. The monoisotopic (exact) mass is 734 g/mol. The third-order valence-electron chi connectivity index (χ3n) is 7.91. The van der Waals surface area contributed by atoms with Crippen LogP contribution in [0.15, 0.2) is 33.5 Å². The summed E-state index contributed by atoms with van der Waals surface area (Å²) >= 11 is 0. The Kier molecular flexibility index (Phi) is 13.3. The predicted octanol–water partition coefficient (Wildman–Crippen LogP) is 0.704. The molecule has 52 heavy (non-hydrogen) atoms. The van der Waals surface area contributed by atoms with Crippen LogP contribution in [0.1, 0.15) is 53.5 Å². The number of hydrogen-bond acceptors (Lipinski definition) is 16. The van der Waals surface area contributed by atoms with Crippen LogP contribution in [-0.2, 0) is 61.9 Å². The van der Waals surface area contributed by atoms with Gasteiger partial charge in [-0.3, -0.25) is 28.8 Å². The number of fused-ring (bicyclic) bond motifs is 1. The van der Waals surface area contributed by atoms with Crippen molar-refractivity contribution in [2.75, 3.05) is 13.2 Å². The fourth-order valence-electron chi connectivity index (χ4n) is 5.96. The van der Waals surface area contributed by atoms with Gasteiger partial charge in [-0.2, -0.15) is 0 Å². The number of esters is 4. The van der Waals surface area contributed by atoms with E-state index in [2.05, 4.69) is 10.6 Å². The van der Waals surface area contributed by atoms with Crippen molar-refractivity contribution in [3.05, 3.63) is 40.2 Å². The van der Waals surface area contributed by atoms with E-state index in [0.29, 0.717) is 10.9 Å². The Balaban J connectivity index is 1.78. The van der Waals surface area contributed by atoms with Gasteiger partial charge in [-0.05, 0) is 24.6 Å². The van der Waals surface area contributed by atoms with E-state index in [4.69, 9.17) is 42.3 Å². The molecule has 2 aliphatic rings. The number of hydrogen-bond donors (Lipinski definition) is 2. The number of nitrogens with one attached hydrogen (secondary N) is 2. The van der Waals surface area contributed by atoms with Gasteiger partial charge in [0.2, 0.25) is 18.1 Å². The van der Waals surface area contributed by atoms with Crippen LogP contribution >= 0.6 is 0 Å². The molecule has 0 spiro atoms. The van der Waals surface area contributed by atoms with Crippen molar-refractivity contribution in [1.29, 1.82) is 0 Å². The summed E-state index contributed by atoms with van der Waals surface area (Å²) in [4.78, 5) is 85.4. The number of rotatable bonds is 12. The van der Waals surface area contributed by atoms with Crippen LogP contribution < -0.4 is 21.0 Å². The summed E-state index contributed by atoms with van der Waals surface area (Å²) in [6, 6.07) is 3.53. The first-order valence-corrected chi connectivity index (χ1v) is 16.3. The minimum atomic E-state index is -1.49. The van der Waals surface area contributed by atoms with Crippen LogP contribution in [0, 0.1) is 6.92 Å². The maximum atomic E-state index is 12.6. The van der Waals surface area contributed by atoms with Crippen LogP contribution in [-0.4, -0.2) is 104 Å². The zero-order chi connectivity index (χ0) is 38.3. The zero-order valence-electron chi connectivity index (χ0n) is 29.7. The summed E-state index contributed by atoms with van der Waals surface area (Å²) in [5.74, 6) is -3.81. The SMILES string of the molecule is CC(=O)NC1C(OC(C)=O)CC(COC(C)=O)O[C@H]1O[C@H]1C(COC(C)=O)O[C@@H](Oc2ccc3c(C)cc(=O)oc3c2)C(NC(C)=O)C1OC(C)=O. The average Bonchev–Trinajstić information content (AvgIpc) is 3.02. The predicted molar refractivity (Wildman–Crippen MR) is 174 cm³/mol. The molecule has 1 aromatic heterocycles. The minimum Gasteiger partial charge on any atom is -0.463 e. The van der Waals surface area contributed by atoms with Crippen LogP contribution in [0.3, 0.4) is 0 Å². The molecule has 1 aromatic carbocycles. The van der Waals surface area contributed by atoms with E-state index in [1.165, 1.54) is 39.8 Å². The van der Waals surface area contributed by atoms with Gasteiger partial charge in [0.25, 0.3) is 0 Å².